The first-order chi connectivity index (χ1) is 31.8. The molecule has 2 heterocycles. The number of benzene rings is 10. The maximum atomic E-state index is 7.24. The van der Waals surface area contributed by atoms with E-state index in [2.05, 4.69) is 211 Å². The molecule has 3 nitrogen and oxygen atoms in total. The van der Waals surface area contributed by atoms with Crippen molar-refractivity contribution in [2.45, 2.75) is 5.41 Å². The number of para-hydroxylation sites is 2. The molecule has 0 bridgehead atoms. The molecule has 2 aliphatic carbocycles. The van der Waals surface area contributed by atoms with Crippen LogP contribution in [0.1, 0.15) is 22.3 Å². The molecule has 2 aliphatic rings. The molecule has 0 saturated carbocycles. The molecule has 0 radical (unpaired) electrons. The predicted molar refractivity (Wildman–Crippen MR) is 263 cm³/mol. The van der Waals surface area contributed by atoms with Gasteiger partial charge in [0, 0.05) is 38.5 Å². The zero-order valence-corrected chi connectivity index (χ0v) is 34.6. The van der Waals surface area contributed by atoms with E-state index in [1.807, 2.05) is 18.2 Å². The summed E-state index contributed by atoms with van der Waals surface area (Å²) in [5.41, 5.74) is 20.8. The Balaban J connectivity index is 1.08. The molecule has 0 saturated heterocycles. The van der Waals surface area contributed by atoms with Crippen molar-refractivity contribution in [3.05, 3.63) is 247 Å². The molecule has 1 spiro atoms. The monoisotopic (exact) mass is 815 g/mol. The van der Waals surface area contributed by atoms with Crippen LogP contribution in [0.25, 0.3) is 88.4 Å². The Kier molecular flexibility index (Phi) is 7.32. The van der Waals surface area contributed by atoms with Crippen molar-refractivity contribution in [2.75, 3.05) is 4.90 Å². The second-order valence-corrected chi connectivity index (χ2v) is 17.1. The minimum atomic E-state index is -0.493. The summed E-state index contributed by atoms with van der Waals surface area (Å²) >= 11 is 0. The van der Waals surface area contributed by atoms with Crippen molar-refractivity contribution in [2.24, 2.45) is 0 Å². The minimum absolute atomic E-state index is 0.493. The molecule has 2 aromatic heterocycles. The average molecular weight is 816 g/mol. The van der Waals surface area contributed by atoms with E-state index in [9.17, 15) is 0 Å². The second kappa shape index (κ2) is 13.3. The highest BCUT2D eigenvalue weighted by molar-refractivity contribution is 6.27. The molecule has 0 unspecified atom stereocenters. The van der Waals surface area contributed by atoms with Gasteiger partial charge >= 0.3 is 0 Å². The lowest BCUT2D eigenvalue weighted by Gasteiger charge is -2.32. The van der Waals surface area contributed by atoms with Crippen LogP contribution in [0.4, 0.5) is 17.1 Å². The number of rotatable bonds is 5. The molecular formula is C61H37NO2. The molecule has 0 N–H and O–H groups in total. The largest absolute Gasteiger partial charge is 0.456 e. The molecule has 298 valence electrons. The highest BCUT2D eigenvalue weighted by Gasteiger charge is 2.51. The summed E-state index contributed by atoms with van der Waals surface area (Å²) in [5, 5.41) is 4.24. The van der Waals surface area contributed by atoms with Crippen LogP contribution in [0, 0.1) is 0 Å². The summed E-state index contributed by atoms with van der Waals surface area (Å²) in [6.45, 7) is 0. The Hall–Kier alpha value is -8.40. The summed E-state index contributed by atoms with van der Waals surface area (Å²) in [4.78, 5) is 2.43. The SMILES string of the molecule is c1ccc(-c2ccc(-c3ccc4c(oc5ccc6oc7ccccc7c6c54)c3N(c3ccccc3)c3ccc4c(c3)C3(c5ccccc5-c5ccccc53)c3ccccc3-4)cc2)cc1. The van der Waals surface area contributed by atoms with Gasteiger partial charge in [-0.15, -0.1) is 0 Å². The molecule has 0 atom stereocenters. The molecule has 12 aromatic rings. The van der Waals surface area contributed by atoms with E-state index in [4.69, 9.17) is 8.83 Å². The Morgan fingerprint density at radius 3 is 1.52 bits per heavy atom. The molecule has 3 heteroatoms. The van der Waals surface area contributed by atoms with Gasteiger partial charge in [-0.3, -0.25) is 0 Å². The quantitative estimate of drug-likeness (QED) is 0.173. The number of hydrogen-bond acceptors (Lipinski definition) is 3. The highest BCUT2D eigenvalue weighted by atomic mass is 16.3. The predicted octanol–water partition coefficient (Wildman–Crippen LogP) is 16.6. The van der Waals surface area contributed by atoms with Gasteiger partial charge in [0.05, 0.1) is 11.1 Å². The van der Waals surface area contributed by atoms with Crippen LogP contribution in [0.15, 0.2) is 233 Å². The lowest BCUT2D eigenvalue weighted by atomic mass is 9.70. The first-order valence-corrected chi connectivity index (χ1v) is 22.0. The van der Waals surface area contributed by atoms with E-state index in [0.29, 0.717) is 0 Å². The van der Waals surface area contributed by atoms with E-state index in [0.717, 1.165) is 72.1 Å². The first kappa shape index (κ1) is 35.2. The summed E-state index contributed by atoms with van der Waals surface area (Å²) in [6, 6.07) is 81.4. The van der Waals surface area contributed by atoms with Crippen LogP contribution in [-0.2, 0) is 5.41 Å². The maximum Gasteiger partial charge on any atom is 0.160 e. The van der Waals surface area contributed by atoms with Crippen LogP contribution in [-0.4, -0.2) is 0 Å². The van der Waals surface area contributed by atoms with Gasteiger partial charge in [-0.2, -0.15) is 0 Å². The Bertz CT molecular complexity index is 3780. The standard InChI is InChI=1S/C61H37NO2/c1-3-15-38(16-4-1)39-27-29-40(30-28-39)43-33-34-49-58-56(36-35-55-57(58)48-22-10-14-26-54(48)63-55)64-60(49)59(43)62(41-17-5-2-6-18-41)42-31-32-47-46-21-9-13-25-52(46)61(53(47)37-42)50-23-11-7-19-44(50)45-20-8-12-24-51(45)61/h1-37H. The number of hydrogen-bond donors (Lipinski definition) is 0. The van der Waals surface area contributed by atoms with Gasteiger partial charge in [0.25, 0.3) is 0 Å². The van der Waals surface area contributed by atoms with E-state index in [1.54, 1.807) is 0 Å². The number of fused-ring (bicyclic) bond motifs is 17. The second-order valence-electron chi connectivity index (χ2n) is 17.1. The van der Waals surface area contributed by atoms with Crippen molar-refractivity contribution in [1.82, 2.24) is 0 Å². The van der Waals surface area contributed by atoms with Crippen molar-refractivity contribution >= 4 is 60.9 Å². The maximum absolute atomic E-state index is 7.24. The van der Waals surface area contributed by atoms with Crippen molar-refractivity contribution < 1.29 is 8.83 Å². The Morgan fingerprint density at radius 2 is 0.828 bits per heavy atom. The third kappa shape index (κ3) is 4.76. The van der Waals surface area contributed by atoms with Gasteiger partial charge in [-0.25, -0.2) is 0 Å². The lowest BCUT2D eigenvalue weighted by molar-refractivity contribution is 0.663. The van der Waals surface area contributed by atoms with E-state index in [1.165, 1.54) is 55.6 Å². The van der Waals surface area contributed by atoms with E-state index in [-0.39, 0.29) is 0 Å². The van der Waals surface area contributed by atoms with Gasteiger partial charge in [-0.05, 0) is 110 Å². The fraction of sp³-hybridized carbons (Fsp3) is 0.0164. The van der Waals surface area contributed by atoms with Crippen LogP contribution >= 0.6 is 0 Å². The first-order valence-electron chi connectivity index (χ1n) is 22.0. The lowest BCUT2D eigenvalue weighted by Crippen LogP contribution is -2.26. The van der Waals surface area contributed by atoms with Crippen molar-refractivity contribution in [3.8, 4) is 44.5 Å². The normalized spacial score (nSPS) is 13.1. The zero-order valence-electron chi connectivity index (χ0n) is 34.6. The summed E-state index contributed by atoms with van der Waals surface area (Å²) in [7, 11) is 0. The topological polar surface area (TPSA) is 29.5 Å². The fourth-order valence-corrected chi connectivity index (χ4v) is 11.3. The van der Waals surface area contributed by atoms with Crippen LogP contribution in [0.5, 0.6) is 0 Å². The minimum Gasteiger partial charge on any atom is -0.456 e. The van der Waals surface area contributed by atoms with Gasteiger partial charge < -0.3 is 13.7 Å². The van der Waals surface area contributed by atoms with Crippen molar-refractivity contribution in [1.29, 1.82) is 0 Å². The smallest absolute Gasteiger partial charge is 0.160 e. The molecular weight excluding hydrogens is 779 g/mol. The fourth-order valence-electron chi connectivity index (χ4n) is 11.3. The van der Waals surface area contributed by atoms with Crippen LogP contribution in [0.3, 0.4) is 0 Å². The van der Waals surface area contributed by atoms with E-state index >= 15 is 0 Å². The summed E-state index contributed by atoms with van der Waals surface area (Å²) < 4.78 is 13.7. The number of nitrogens with zero attached hydrogens (tertiary/aromatic N) is 1. The molecule has 14 rings (SSSR count). The number of furan rings is 2. The molecule has 64 heavy (non-hydrogen) atoms. The molecule has 10 aromatic carbocycles. The van der Waals surface area contributed by atoms with Gasteiger partial charge in [0.2, 0.25) is 0 Å². The van der Waals surface area contributed by atoms with Crippen LogP contribution < -0.4 is 4.90 Å². The van der Waals surface area contributed by atoms with Gasteiger partial charge in [-0.1, -0.05) is 176 Å². The van der Waals surface area contributed by atoms with Crippen LogP contribution in [0.2, 0.25) is 0 Å². The zero-order chi connectivity index (χ0) is 41.9. The molecule has 0 aliphatic heterocycles. The van der Waals surface area contributed by atoms with Gasteiger partial charge in [0.1, 0.15) is 16.7 Å². The van der Waals surface area contributed by atoms with Crippen molar-refractivity contribution in [3.63, 3.8) is 0 Å². The number of anilines is 3. The Labute approximate surface area is 369 Å². The van der Waals surface area contributed by atoms with E-state index < -0.39 is 5.41 Å². The third-order valence-electron chi connectivity index (χ3n) is 13.9. The highest BCUT2D eigenvalue weighted by Crippen LogP contribution is 2.63. The summed E-state index contributed by atoms with van der Waals surface area (Å²) in [5.74, 6) is 0. The summed E-state index contributed by atoms with van der Waals surface area (Å²) in [6.07, 6.45) is 0. The molecule has 0 fully saturated rings. The average Bonchev–Trinajstić information content (AvgIpc) is 4.10. The molecule has 0 amide bonds. The van der Waals surface area contributed by atoms with Gasteiger partial charge in [0.15, 0.2) is 5.58 Å². The third-order valence-corrected chi connectivity index (χ3v) is 13.9. The Morgan fingerprint density at radius 1 is 0.312 bits per heavy atom.